The van der Waals surface area contributed by atoms with E-state index in [1.807, 2.05) is 13.8 Å². The number of aliphatic imine (C=N–C) groups is 1. The van der Waals surface area contributed by atoms with E-state index in [9.17, 15) is 9.59 Å². The number of nitrogens with one attached hydrogen (secondary N) is 1. The van der Waals surface area contributed by atoms with E-state index in [2.05, 4.69) is 42.3 Å². The Hall–Kier alpha value is -1.54. The summed E-state index contributed by atoms with van der Waals surface area (Å²) < 4.78 is 21.8. The SMILES string of the molecule is CC/N=C/OP(O[C@@H]1CC(n2cc(C)c(=O)[nH]c2=O)OC1C)N(C(C)C)C(C)C. The third kappa shape index (κ3) is 5.98. The Balaban J connectivity index is 2.21. The Bertz CT molecular complexity index is 799. The minimum atomic E-state index is -1.40. The lowest BCUT2D eigenvalue weighted by molar-refractivity contribution is -0.00783. The molecule has 1 aromatic heterocycles. The van der Waals surface area contributed by atoms with Crippen molar-refractivity contribution in [3.63, 3.8) is 0 Å². The van der Waals surface area contributed by atoms with Crippen molar-refractivity contribution in [1.82, 2.24) is 14.2 Å². The fourth-order valence-electron chi connectivity index (χ4n) is 3.26. The zero-order valence-electron chi connectivity index (χ0n) is 18.3. The number of hydrogen-bond acceptors (Lipinski definition) is 7. The quantitative estimate of drug-likeness (QED) is 0.369. The molecule has 0 saturated carbocycles. The summed E-state index contributed by atoms with van der Waals surface area (Å²) in [5.74, 6) is 0. The van der Waals surface area contributed by atoms with Gasteiger partial charge in [-0.2, -0.15) is 0 Å². The molecule has 0 radical (unpaired) electrons. The molecule has 29 heavy (non-hydrogen) atoms. The predicted octanol–water partition coefficient (Wildman–Crippen LogP) is 2.95. The summed E-state index contributed by atoms with van der Waals surface area (Å²) >= 11 is 0. The van der Waals surface area contributed by atoms with Gasteiger partial charge in [-0.15, -0.1) is 0 Å². The minimum Gasteiger partial charge on any atom is -0.425 e. The molecule has 4 atom stereocenters. The van der Waals surface area contributed by atoms with Gasteiger partial charge in [-0.3, -0.25) is 19.3 Å². The molecule has 164 valence electrons. The molecule has 0 bridgehead atoms. The molecule has 0 aromatic carbocycles. The van der Waals surface area contributed by atoms with Gasteiger partial charge in [-0.25, -0.2) is 9.46 Å². The average molecular weight is 428 g/mol. The van der Waals surface area contributed by atoms with Crippen LogP contribution in [0.3, 0.4) is 0 Å². The normalized spacial score (nSPS) is 23.6. The molecule has 0 aliphatic carbocycles. The Labute approximate surface area is 173 Å². The summed E-state index contributed by atoms with van der Waals surface area (Å²) in [7, 11) is -1.40. The number of H-pyrrole nitrogens is 1. The molecular weight excluding hydrogens is 395 g/mol. The highest BCUT2D eigenvalue weighted by atomic mass is 31.2. The summed E-state index contributed by atoms with van der Waals surface area (Å²) in [4.78, 5) is 30.3. The molecule has 0 amide bonds. The van der Waals surface area contributed by atoms with Gasteiger partial charge in [-0.1, -0.05) is 0 Å². The zero-order chi connectivity index (χ0) is 21.7. The van der Waals surface area contributed by atoms with Crippen molar-refractivity contribution in [3.05, 3.63) is 32.6 Å². The van der Waals surface area contributed by atoms with Crippen molar-refractivity contribution in [2.24, 2.45) is 4.99 Å². The van der Waals surface area contributed by atoms with Gasteiger partial charge in [0.25, 0.3) is 5.56 Å². The van der Waals surface area contributed by atoms with Crippen LogP contribution in [0.2, 0.25) is 0 Å². The number of hydrogen-bond donors (Lipinski definition) is 1. The average Bonchev–Trinajstić information content (AvgIpc) is 2.98. The maximum Gasteiger partial charge on any atom is 0.330 e. The maximum atomic E-state index is 12.2. The van der Waals surface area contributed by atoms with E-state index in [-0.39, 0.29) is 29.9 Å². The Morgan fingerprint density at radius 1 is 1.38 bits per heavy atom. The molecule has 2 heterocycles. The number of aromatic amines is 1. The standard InChI is InChI=1S/C19H33N4O5P/c1-8-20-11-26-29(23(12(2)3)13(4)5)28-16-9-17(27-15(16)7)22-10-14(6)18(24)21-19(22)25/h10-13,15-17H,8-9H2,1-7H3,(H,21,24,25)/b20-11+/t15?,16-,17?,29?/m1/s1. The first-order chi connectivity index (χ1) is 13.6. The number of nitrogens with zero attached hydrogens (tertiary/aromatic N) is 3. The summed E-state index contributed by atoms with van der Waals surface area (Å²) in [6.07, 6.45) is 2.45. The molecule has 9 nitrogen and oxygen atoms in total. The molecule has 1 saturated heterocycles. The van der Waals surface area contributed by atoms with Crippen LogP contribution in [-0.4, -0.2) is 51.5 Å². The number of aromatic nitrogens is 2. The molecule has 3 unspecified atom stereocenters. The van der Waals surface area contributed by atoms with Gasteiger partial charge in [0.05, 0.1) is 12.2 Å². The van der Waals surface area contributed by atoms with Gasteiger partial charge < -0.3 is 13.8 Å². The lowest BCUT2D eigenvalue weighted by Crippen LogP contribution is -2.35. The number of ether oxygens (including phenoxy) is 1. The van der Waals surface area contributed by atoms with Crippen LogP contribution in [0.5, 0.6) is 0 Å². The first-order valence-electron chi connectivity index (χ1n) is 10.0. The molecule has 1 fully saturated rings. The van der Waals surface area contributed by atoms with Crippen molar-refractivity contribution in [2.75, 3.05) is 6.54 Å². The van der Waals surface area contributed by atoms with Crippen LogP contribution in [0.25, 0.3) is 0 Å². The molecule has 10 heteroatoms. The Morgan fingerprint density at radius 2 is 2.03 bits per heavy atom. The second kappa shape index (κ2) is 10.5. The second-order valence-electron chi connectivity index (χ2n) is 7.67. The van der Waals surface area contributed by atoms with Crippen molar-refractivity contribution in [3.8, 4) is 0 Å². The Morgan fingerprint density at radius 3 is 2.62 bits per heavy atom. The van der Waals surface area contributed by atoms with Crippen molar-refractivity contribution in [2.45, 2.75) is 85.4 Å². The van der Waals surface area contributed by atoms with Crippen LogP contribution in [0.1, 0.15) is 59.8 Å². The molecule has 1 aliphatic heterocycles. The van der Waals surface area contributed by atoms with E-state index >= 15 is 0 Å². The van der Waals surface area contributed by atoms with E-state index in [0.717, 1.165) is 0 Å². The second-order valence-corrected chi connectivity index (χ2v) is 9.03. The van der Waals surface area contributed by atoms with E-state index in [1.165, 1.54) is 17.2 Å². The summed E-state index contributed by atoms with van der Waals surface area (Å²) in [5.41, 5.74) is -0.419. The Kier molecular flexibility index (Phi) is 8.58. The maximum absolute atomic E-state index is 12.2. The van der Waals surface area contributed by atoms with Gasteiger partial charge in [0.2, 0.25) is 0 Å². The minimum absolute atomic E-state index is 0.217. The summed E-state index contributed by atoms with van der Waals surface area (Å²) in [6, 6.07) is 0.433. The van der Waals surface area contributed by atoms with Gasteiger partial charge in [0.15, 0.2) is 6.40 Å². The smallest absolute Gasteiger partial charge is 0.330 e. The zero-order valence-corrected chi connectivity index (χ0v) is 19.2. The topological polar surface area (TPSA) is 98.2 Å². The molecule has 1 N–H and O–H groups in total. The fraction of sp³-hybridized carbons (Fsp3) is 0.737. The monoisotopic (exact) mass is 428 g/mol. The fourth-order valence-corrected chi connectivity index (χ4v) is 4.92. The van der Waals surface area contributed by atoms with Gasteiger partial charge in [0, 0.05) is 36.8 Å². The van der Waals surface area contributed by atoms with E-state index in [0.29, 0.717) is 18.5 Å². The highest BCUT2D eigenvalue weighted by Gasteiger charge is 2.39. The largest absolute Gasteiger partial charge is 0.425 e. The molecule has 0 spiro atoms. The highest BCUT2D eigenvalue weighted by Crippen LogP contribution is 2.49. The van der Waals surface area contributed by atoms with Crippen molar-refractivity contribution < 1.29 is 13.8 Å². The van der Waals surface area contributed by atoms with Crippen LogP contribution in [-0.2, 0) is 13.8 Å². The van der Waals surface area contributed by atoms with Crippen LogP contribution in [0, 0.1) is 6.92 Å². The summed E-state index contributed by atoms with van der Waals surface area (Å²) in [5, 5.41) is 0. The van der Waals surface area contributed by atoms with Gasteiger partial charge >= 0.3 is 14.2 Å². The summed E-state index contributed by atoms with van der Waals surface area (Å²) in [6.45, 7) is 14.5. The lowest BCUT2D eigenvalue weighted by Gasteiger charge is -2.36. The van der Waals surface area contributed by atoms with Gasteiger partial charge in [0.1, 0.15) is 6.23 Å². The first-order valence-corrected chi connectivity index (χ1v) is 11.2. The lowest BCUT2D eigenvalue weighted by atomic mass is 10.2. The van der Waals surface area contributed by atoms with Crippen LogP contribution >= 0.6 is 8.53 Å². The van der Waals surface area contributed by atoms with Crippen LogP contribution in [0.4, 0.5) is 0 Å². The van der Waals surface area contributed by atoms with E-state index in [1.54, 1.807) is 6.92 Å². The number of rotatable bonds is 9. The van der Waals surface area contributed by atoms with Crippen LogP contribution < -0.4 is 11.2 Å². The molecule has 2 rings (SSSR count). The predicted molar refractivity (Wildman–Crippen MR) is 114 cm³/mol. The third-order valence-corrected chi connectivity index (χ3v) is 6.68. The van der Waals surface area contributed by atoms with Gasteiger partial charge in [-0.05, 0) is 48.5 Å². The molecule has 1 aliphatic rings. The highest BCUT2D eigenvalue weighted by molar-refractivity contribution is 7.45. The van der Waals surface area contributed by atoms with Crippen molar-refractivity contribution >= 4 is 14.9 Å². The molecule has 1 aromatic rings. The van der Waals surface area contributed by atoms with Crippen molar-refractivity contribution in [1.29, 1.82) is 0 Å². The number of aryl methyl sites for hydroxylation is 1. The van der Waals surface area contributed by atoms with E-state index < -0.39 is 20.4 Å². The molecular formula is C19H33N4O5P. The van der Waals surface area contributed by atoms with E-state index in [4.69, 9.17) is 13.8 Å². The third-order valence-electron chi connectivity index (χ3n) is 4.65. The van der Waals surface area contributed by atoms with Crippen LogP contribution in [0.15, 0.2) is 20.8 Å². The first kappa shape index (κ1) is 23.7.